The van der Waals surface area contributed by atoms with Crippen LogP contribution in [0, 0.1) is 0 Å². The maximum Gasteiger partial charge on any atom is 0.267 e. The molecule has 0 atom stereocenters. The number of carbonyl (C=O) groups is 1. The van der Waals surface area contributed by atoms with Crippen molar-refractivity contribution in [3.05, 3.63) is 53.6 Å². The lowest BCUT2D eigenvalue weighted by Crippen LogP contribution is -2.12. The van der Waals surface area contributed by atoms with Gasteiger partial charge in [0.15, 0.2) is 0 Å². The molecule has 16 heavy (non-hydrogen) atoms. The SMILES string of the molecule is Cn1ccc(Cl)c1.NC(=O)c1ccccn1. The van der Waals surface area contributed by atoms with Crippen molar-refractivity contribution >= 4 is 17.5 Å². The molecule has 2 N–H and O–H groups in total. The number of primary amides is 1. The summed E-state index contributed by atoms with van der Waals surface area (Å²) in [5.41, 5.74) is 5.22. The highest BCUT2D eigenvalue weighted by atomic mass is 35.5. The molecule has 4 nitrogen and oxygen atoms in total. The summed E-state index contributed by atoms with van der Waals surface area (Å²) in [5.74, 6) is -0.490. The second-order valence-electron chi connectivity index (χ2n) is 3.07. The second kappa shape index (κ2) is 5.92. The van der Waals surface area contributed by atoms with Gasteiger partial charge in [-0.25, -0.2) is 0 Å². The first-order valence-corrected chi connectivity index (χ1v) is 4.95. The maximum absolute atomic E-state index is 10.4. The van der Waals surface area contributed by atoms with E-state index in [4.69, 9.17) is 17.3 Å². The van der Waals surface area contributed by atoms with Gasteiger partial charge in [-0.1, -0.05) is 17.7 Å². The van der Waals surface area contributed by atoms with Gasteiger partial charge in [0.05, 0.1) is 5.02 Å². The number of hydrogen-bond acceptors (Lipinski definition) is 2. The molecule has 0 saturated carbocycles. The number of hydrogen-bond donors (Lipinski definition) is 1. The Morgan fingerprint density at radius 1 is 1.44 bits per heavy atom. The van der Waals surface area contributed by atoms with Crippen LogP contribution in [0.25, 0.3) is 0 Å². The molecule has 0 spiro atoms. The van der Waals surface area contributed by atoms with E-state index in [0.29, 0.717) is 5.69 Å². The third kappa shape index (κ3) is 4.14. The first-order chi connectivity index (χ1) is 7.59. The Kier molecular flexibility index (Phi) is 4.54. The van der Waals surface area contributed by atoms with Crippen molar-refractivity contribution in [2.45, 2.75) is 0 Å². The third-order valence-electron chi connectivity index (χ3n) is 1.71. The van der Waals surface area contributed by atoms with E-state index < -0.39 is 5.91 Å². The highest BCUT2D eigenvalue weighted by Gasteiger charge is 1.95. The van der Waals surface area contributed by atoms with Crippen LogP contribution in [-0.4, -0.2) is 15.5 Å². The van der Waals surface area contributed by atoms with Crippen molar-refractivity contribution in [2.75, 3.05) is 0 Å². The summed E-state index contributed by atoms with van der Waals surface area (Å²) >= 11 is 5.54. The Balaban J connectivity index is 0.000000165. The molecule has 5 heteroatoms. The highest BCUT2D eigenvalue weighted by Crippen LogP contribution is 2.04. The van der Waals surface area contributed by atoms with Crippen LogP contribution in [0.2, 0.25) is 5.02 Å². The topological polar surface area (TPSA) is 60.9 Å². The van der Waals surface area contributed by atoms with Gasteiger partial charge < -0.3 is 10.3 Å². The largest absolute Gasteiger partial charge is 0.364 e. The van der Waals surface area contributed by atoms with Crippen molar-refractivity contribution < 1.29 is 4.79 Å². The van der Waals surface area contributed by atoms with Gasteiger partial charge in [-0.15, -0.1) is 0 Å². The second-order valence-corrected chi connectivity index (χ2v) is 3.51. The van der Waals surface area contributed by atoms with Gasteiger partial charge in [0.1, 0.15) is 5.69 Å². The first kappa shape index (κ1) is 12.3. The molecule has 0 radical (unpaired) electrons. The predicted molar refractivity (Wildman–Crippen MR) is 63.2 cm³/mol. The Morgan fingerprint density at radius 2 is 2.19 bits per heavy atom. The Hall–Kier alpha value is -1.81. The van der Waals surface area contributed by atoms with Gasteiger partial charge >= 0.3 is 0 Å². The predicted octanol–water partition coefficient (Wildman–Crippen LogP) is 1.86. The summed E-state index contributed by atoms with van der Waals surface area (Å²) in [5, 5.41) is 0.794. The van der Waals surface area contributed by atoms with E-state index in [-0.39, 0.29) is 0 Å². The molecule has 2 aromatic heterocycles. The Bertz CT molecular complexity index is 437. The number of pyridine rings is 1. The molecule has 0 aliphatic carbocycles. The fourth-order valence-electron chi connectivity index (χ4n) is 0.978. The summed E-state index contributed by atoms with van der Waals surface area (Å²) < 4.78 is 1.91. The van der Waals surface area contributed by atoms with Crippen molar-refractivity contribution in [1.82, 2.24) is 9.55 Å². The molecule has 0 saturated heterocycles. The van der Waals surface area contributed by atoms with E-state index in [0.717, 1.165) is 5.02 Å². The molecule has 0 bridgehead atoms. The number of aromatic nitrogens is 2. The van der Waals surface area contributed by atoms with Gasteiger partial charge in [0.25, 0.3) is 5.91 Å². The number of halogens is 1. The molecule has 0 fully saturated rings. The maximum atomic E-state index is 10.4. The van der Waals surface area contributed by atoms with Gasteiger partial charge in [-0.05, 0) is 18.2 Å². The van der Waals surface area contributed by atoms with Gasteiger partial charge in [0.2, 0.25) is 0 Å². The highest BCUT2D eigenvalue weighted by molar-refractivity contribution is 6.30. The average Bonchev–Trinajstić information content (AvgIpc) is 2.65. The van der Waals surface area contributed by atoms with E-state index in [2.05, 4.69) is 4.98 Å². The Labute approximate surface area is 98.7 Å². The van der Waals surface area contributed by atoms with Crippen molar-refractivity contribution in [3.63, 3.8) is 0 Å². The summed E-state index contributed by atoms with van der Waals surface area (Å²) in [4.78, 5) is 14.1. The zero-order valence-corrected chi connectivity index (χ0v) is 9.56. The number of rotatable bonds is 1. The molecule has 0 unspecified atom stereocenters. The lowest BCUT2D eigenvalue weighted by molar-refractivity contribution is 0.0995. The standard InChI is InChI=1S/C6H6N2O.C5H6ClN/c7-6(9)5-3-1-2-4-8-5;1-7-3-2-5(6)4-7/h1-4H,(H2,7,9);2-4H,1H3. The van der Waals surface area contributed by atoms with E-state index in [1.54, 1.807) is 18.2 Å². The van der Waals surface area contributed by atoms with Gasteiger partial charge in [-0.2, -0.15) is 0 Å². The van der Waals surface area contributed by atoms with E-state index in [9.17, 15) is 4.79 Å². The number of nitrogens with zero attached hydrogens (tertiary/aromatic N) is 2. The van der Waals surface area contributed by atoms with Crippen molar-refractivity contribution in [3.8, 4) is 0 Å². The summed E-state index contributed by atoms with van der Waals surface area (Å²) in [6.45, 7) is 0. The monoisotopic (exact) mass is 237 g/mol. The molecular weight excluding hydrogens is 226 g/mol. The van der Waals surface area contributed by atoms with E-state index in [1.165, 1.54) is 6.20 Å². The molecule has 2 rings (SSSR count). The minimum Gasteiger partial charge on any atom is -0.364 e. The van der Waals surface area contributed by atoms with Crippen molar-refractivity contribution in [1.29, 1.82) is 0 Å². The van der Waals surface area contributed by atoms with Crippen LogP contribution in [0.5, 0.6) is 0 Å². The molecule has 2 aromatic rings. The summed E-state index contributed by atoms with van der Waals surface area (Å²) in [6.07, 6.45) is 5.28. The quantitative estimate of drug-likeness (QED) is 0.823. The molecule has 84 valence electrons. The molecule has 2 heterocycles. The number of aryl methyl sites for hydroxylation is 1. The minimum absolute atomic E-state index is 0.303. The zero-order valence-electron chi connectivity index (χ0n) is 8.80. The van der Waals surface area contributed by atoms with Crippen LogP contribution >= 0.6 is 11.6 Å². The van der Waals surface area contributed by atoms with Gasteiger partial charge in [-0.3, -0.25) is 9.78 Å². The molecule has 0 aromatic carbocycles. The van der Waals surface area contributed by atoms with Crippen molar-refractivity contribution in [2.24, 2.45) is 12.8 Å². The summed E-state index contributed by atoms with van der Waals surface area (Å²) in [6, 6.07) is 6.86. The first-order valence-electron chi connectivity index (χ1n) is 4.58. The number of nitrogens with two attached hydrogens (primary N) is 1. The van der Waals surface area contributed by atoms with Crippen LogP contribution in [0.1, 0.15) is 10.5 Å². The normalized spacial score (nSPS) is 9.12. The fraction of sp³-hybridized carbons (Fsp3) is 0.0909. The smallest absolute Gasteiger partial charge is 0.267 e. The van der Waals surface area contributed by atoms with Crippen LogP contribution in [0.3, 0.4) is 0 Å². The van der Waals surface area contributed by atoms with Gasteiger partial charge in [0, 0.05) is 25.6 Å². The van der Waals surface area contributed by atoms with E-state index >= 15 is 0 Å². The molecule has 0 aliphatic rings. The van der Waals surface area contributed by atoms with E-state index in [1.807, 2.05) is 30.1 Å². The number of carbonyl (C=O) groups excluding carboxylic acids is 1. The average molecular weight is 238 g/mol. The minimum atomic E-state index is -0.490. The molecule has 0 aliphatic heterocycles. The number of amides is 1. The molecular formula is C11H12ClN3O. The Morgan fingerprint density at radius 3 is 2.44 bits per heavy atom. The van der Waals surface area contributed by atoms with Crippen LogP contribution < -0.4 is 5.73 Å². The molecule has 1 amide bonds. The van der Waals surface area contributed by atoms with Crippen LogP contribution in [0.4, 0.5) is 0 Å². The third-order valence-corrected chi connectivity index (χ3v) is 1.94. The van der Waals surface area contributed by atoms with Crippen LogP contribution in [-0.2, 0) is 7.05 Å². The summed E-state index contributed by atoms with van der Waals surface area (Å²) in [7, 11) is 1.94. The fourth-order valence-corrected chi connectivity index (χ4v) is 1.19. The van der Waals surface area contributed by atoms with Crippen LogP contribution in [0.15, 0.2) is 42.9 Å². The lowest BCUT2D eigenvalue weighted by atomic mass is 10.3. The lowest BCUT2D eigenvalue weighted by Gasteiger charge is -1.88. The zero-order chi connectivity index (χ0) is 12.0.